The van der Waals surface area contributed by atoms with Gasteiger partial charge in [0.05, 0.1) is 6.61 Å². The second-order valence-corrected chi connectivity index (χ2v) is 7.70. The zero-order valence-corrected chi connectivity index (χ0v) is 15.1. The van der Waals surface area contributed by atoms with Gasteiger partial charge in [0.15, 0.2) is 0 Å². The second-order valence-electron chi connectivity index (χ2n) is 6.94. The van der Waals surface area contributed by atoms with E-state index in [1.807, 2.05) is 32.7 Å². The fraction of sp³-hybridized carbons (Fsp3) is 0.929. The van der Waals surface area contributed by atoms with Gasteiger partial charge < -0.3 is 19.0 Å². The first-order chi connectivity index (χ1) is 9.40. The van der Waals surface area contributed by atoms with Gasteiger partial charge in [0.2, 0.25) is 0 Å². The van der Waals surface area contributed by atoms with Gasteiger partial charge >= 0.3 is 14.6 Å². The Balaban J connectivity index is 4.84. The van der Waals surface area contributed by atoms with Crippen molar-refractivity contribution in [1.29, 1.82) is 0 Å². The molecule has 0 spiro atoms. The van der Waals surface area contributed by atoms with Gasteiger partial charge in [-0.15, -0.1) is 0 Å². The smallest absolute Gasteiger partial charge is 0.327 e. The van der Waals surface area contributed by atoms with Crippen LogP contribution in [0.1, 0.15) is 48.0 Å². The lowest BCUT2D eigenvalue weighted by molar-refractivity contribution is -0.160. The van der Waals surface area contributed by atoms with Gasteiger partial charge in [-0.1, -0.05) is 20.8 Å². The van der Waals surface area contributed by atoms with Gasteiger partial charge in [-0.05, 0) is 39.7 Å². The lowest BCUT2D eigenvalue weighted by atomic mass is 9.79. The number of rotatable bonds is 8. The summed E-state index contributed by atoms with van der Waals surface area (Å²) in [4.78, 5) is 31.8. The third kappa shape index (κ3) is 7.52. The summed E-state index contributed by atoms with van der Waals surface area (Å²) in [5, 5.41) is 0. The van der Waals surface area contributed by atoms with Gasteiger partial charge in [-0.25, -0.2) is 0 Å². The van der Waals surface area contributed by atoms with Crippen LogP contribution >= 0.6 is 8.60 Å². The van der Waals surface area contributed by atoms with Crippen molar-refractivity contribution >= 4 is 14.6 Å². The zero-order valence-electron chi connectivity index (χ0n) is 14.2. The topological polar surface area (TPSA) is 79.2 Å². The number of likely N-dealkylation sites (N-methyl/N-ethyl adjacent to an activating group) is 1. The fourth-order valence-corrected chi connectivity index (χ4v) is 2.59. The van der Waals surface area contributed by atoms with Crippen molar-refractivity contribution in [3.05, 3.63) is 0 Å². The molecule has 2 N–H and O–H groups in total. The Morgan fingerprint density at radius 3 is 2.10 bits per heavy atom. The molecule has 0 aromatic carbocycles. The molecule has 0 aromatic rings. The average molecular weight is 323 g/mol. The highest BCUT2D eigenvalue weighted by Gasteiger charge is 2.43. The molecule has 0 rings (SSSR count). The van der Waals surface area contributed by atoms with Crippen molar-refractivity contribution < 1.29 is 23.8 Å². The van der Waals surface area contributed by atoms with Crippen LogP contribution in [0.15, 0.2) is 0 Å². The molecule has 0 aromatic heterocycles. The first-order valence-corrected chi connectivity index (χ1v) is 8.27. The zero-order chi connectivity index (χ0) is 16.8. The minimum atomic E-state index is -2.41. The number of carbonyl (C=O) groups excluding carboxylic acids is 1. The van der Waals surface area contributed by atoms with Crippen LogP contribution in [0.2, 0.25) is 0 Å². The summed E-state index contributed by atoms with van der Waals surface area (Å²) < 4.78 is 9.86. The number of hydrogen-bond donors (Lipinski definition) is 2. The van der Waals surface area contributed by atoms with E-state index in [2.05, 4.69) is 25.3 Å². The summed E-state index contributed by atoms with van der Waals surface area (Å²) in [7, 11) is -0.494. The largest absolute Gasteiger partial charge is 0.462 e. The maximum atomic E-state index is 12.5. The van der Waals surface area contributed by atoms with Crippen LogP contribution in [0.25, 0.3) is 0 Å². The first-order valence-electron chi connectivity index (χ1n) is 7.11. The summed E-state index contributed by atoms with van der Waals surface area (Å²) in [6, 6.07) is 0.198. The highest BCUT2D eigenvalue weighted by atomic mass is 31.2. The third-order valence-corrected chi connectivity index (χ3v) is 3.80. The van der Waals surface area contributed by atoms with E-state index in [-0.39, 0.29) is 30.6 Å². The number of hydrogen-bond acceptors (Lipinski definition) is 6. The van der Waals surface area contributed by atoms with Crippen LogP contribution in [-0.2, 0) is 14.1 Å². The van der Waals surface area contributed by atoms with Crippen molar-refractivity contribution in [3.63, 3.8) is 0 Å². The molecule has 0 saturated carbocycles. The minimum Gasteiger partial charge on any atom is -0.462 e. The molecule has 0 fully saturated rings. The Kier molecular flexibility index (Phi) is 8.29. The Morgan fingerprint density at radius 1 is 1.19 bits per heavy atom. The monoisotopic (exact) mass is 323 g/mol. The quantitative estimate of drug-likeness (QED) is 0.405. The summed E-state index contributed by atoms with van der Waals surface area (Å²) in [6.45, 7) is 12.2. The van der Waals surface area contributed by atoms with Gasteiger partial charge in [-0.3, -0.25) is 9.69 Å². The molecule has 0 heterocycles. The summed E-state index contributed by atoms with van der Waals surface area (Å²) in [5.41, 5.74) is -0.770. The molecule has 0 aliphatic carbocycles. The molecule has 1 unspecified atom stereocenters. The van der Waals surface area contributed by atoms with E-state index >= 15 is 0 Å². The molecule has 21 heavy (non-hydrogen) atoms. The number of esters is 1. The highest BCUT2D eigenvalue weighted by Crippen LogP contribution is 2.33. The minimum absolute atomic E-state index is 0.00442. The van der Waals surface area contributed by atoms with Gasteiger partial charge in [0.1, 0.15) is 12.1 Å². The van der Waals surface area contributed by atoms with Crippen molar-refractivity contribution in [1.82, 2.24) is 4.90 Å². The van der Waals surface area contributed by atoms with Crippen LogP contribution in [0, 0.1) is 5.41 Å². The molecule has 126 valence electrons. The molecule has 0 aliphatic rings. The van der Waals surface area contributed by atoms with Crippen molar-refractivity contribution in [2.24, 2.45) is 5.41 Å². The van der Waals surface area contributed by atoms with E-state index in [1.54, 1.807) is 0 Å². The Morgan fingerprint density at radius 2 is 1.71 bits per heavy atom. The van der Waals surface area contributed by atoms with E-state index in [9.17, 15) is 4.79 Å². The highest BCUT2D eigenvalue weighted by molar-refractivity contribution is 7.39. The van der Waals surface area contributed by atoms with Crippen molar-refractivity contribution in [2.45, 2.75) is 59.5 Å². The lowest BCUT2D eigenvalue weighted by Gasteiger charge is -2.42. The maximum absolute atomic E-state index is 12.5. The maximum Gasteiger partial charge on any atom is 0.327 e. The van der Waals surface area contributed by atoms with Crippen LogP contribution in [0.3, 0.4) is 0 Å². The number of ether oxygens (including phenoxy) is 1. The summed E-state index contributed by atoms with van der Waals surface area (Å²) in [6.07, 6.45) is 0.654. The van der Waals surface area contributed by atoms with Crippen LogP contribution in [-0.4, -0.2) is 52.5 Å². The van der Waals surface area contributed by atoms with E-state index in [4.69, 9.17) is 14.5 Å². The molecular formula is C14H30NO5P. The predicted octanol–water partition coefficient (Wildman–Crippen LogP) is 2.29. The summed E-state index contributed by atoms with van der Waals surface area (Å²) in [5.74, 6) is -0.322. The molecule has 0 radical (unpaired) electrons. The van der Waals surface area contributed by atoms with Crippen molar-refractivity contribution in [3.8, 4) is 0 Å². The predicted molar refractivity (Wildman–Crippen MR) is 83.6 cm³/mol. The van der Waals surface area contributed by atoms with E-state index in [1.165, 1.54) is 0 Å². The van der Waals surface area contributed by atoms with Crippen molar-refractivity contribution in [2.75, 3.05) is 20.3 Å². The SMILES string of the molecule is CC(C)N(C)C(C)(CC(C)(C)C)C(=O)OCCOP(O)O. The van der Waals surface area contributed by atoms with Crippen LogP contribution < -0.4 is 0 Å². The Labute approximate surface area is 129 Å². The van der Waals surface area contributed by atoms with Gasteiger partial charge in [0, 0.05) is 6.04 Å². The molecule has 7 heteroatoms. The Bertz CT molecular complexity index is 330. The molecule has 0 bridgehead atoms. The van der Waals surface area contributed by atoms with E-state index in [0.717, 1.165) is 0 Å². The van der Waals surface area contributed by atoms with E-state index in [0.29, 0.717) is 6.42 Å². The molecule has 0 aliphatic heterocycles. The Hall–Kier alpha value is -0.260. The second kappa shape index (κ2) is 8.39. The molecule has 1 atom stereocenters. The first kappa shape index (κ1) is 20.7. The number of carbonyl (C=O) groups is 1. The normalized spacial score (nSPS) is 15.6. The van der Waals surface area contributed by atoms with Crippen LogP contribution in [0.5, 0.6) is 0 Å². The number of nitrogens with zero attached hydrogens (tertiary/aromatic N) is 1. The molecule has 0 saturated heterocycles. The molecule has 0 amide bonds. The van der Waals surface area contributed by atoms with Gasteiger partial charge in [0.25, 0.3) is 0 Å². The lowest BCUT2D eigenvalue weighted by Crippen LogP contribution is -2.55. The third-order valence-electron chi connectivity index (χ3n) is 3.39. The van der Waals surface area contributed by atoms with Gasteiger partial charge in [-0.2, -0.15) is 0 Å². The molecule has 6 nitrogen and oxygen atoms in total. The average Bonchev–Trinajstić information content (AvgIpc) is 2.30. The summed E-state index contributed by atoms with van der Waals surface area (Å²) >= 11 is 0. The van der Waals surface area contributed by atoms with Crippen LogP contribution in [0.4, 0.5) is 0 Å². The molecular weight excluding hydrogens is 293 g/mol. The van der Waals surface area contributed by atoms with E-state index < -0.39 is 14.1 Å². The standard InChI is InChI=1S/C14H30NO5P/c1-11(2)15(7)14(6,10-13(3,4)5)12(16)19-8-9-20-21(17)18/h11,17-18H,8-10H2,1-7H3. The fourth-order valence-electron chi connectivity index (χ4n) is 2.35.